The summed E-state index contributed by atoms with van der Waals surface area (Å²) < 4.78 is 1.39. The first-order chi connectivity index (χ1) is 8.13. The second-order valence-corrected chi connectivity index (χ2v) is 4.37. The molecule has 1 aromatic rings. The minimum Gasteiger partial charge on any atom is -0.387 e. The van der Waals surface area contributed by atoms with Gasteiger partial charge in [-0.05, 0) is 19.3 Å². The molecular formula is C11H17N3O3. The Labute approximate surface area is 98.8 Å². The zero-order valence-electron chi connectivity index (χ0n) is 9.85. The van der Waals surface area contributed by atoms with E-state index in [4.69, 9.17) is 5.11 Å². The molecule has 0 spiro atoms. The first kappa shape index (κ1) is 11.9. The number of nitrogens with one attached hydrogen (secondary N) is 1. The summed E-state index contributed by atoms with van der Waals surface area (Å²) in [7, 11) is 1.65. The summed E-state index contributed by atoms with van der Waals surface area (Å²) in [5.41, 5.74) is 0.640. The van der Waals surface area contributed by atoms with Crippen LogP contribution in [-0.4, -0.2) is 38.8 Å². The van der Waals surface area contributed by atoms with E-state index >= 15 is 0 Å². The smallest absolute Gasteiger partial charge is 0.266 e. The van der Waals surface area contributed by atoms with Crippen LogP contribution in [0.25, 0.3) is 0 Å². The van der Waals surface area contributed by atoms with Gasteiger partial charge in [-0.25, -0.2) is 0 Å². The Balaban J connectivity index is 2.27. The average Bonchev–Trinajstić information content (AvgIpc) is 2.68. The number of aromatic nitrogens is 2. The highest BCUT2D eigenvalue weighted by Crippen LogP contribution is 2.28. The molecule has 1 aliphatic heterocycles. The number of likely N-dealkylation sites (tertiary alicyclic amines) is 1. The van der Waals surface area contributed by atoms with Gasteiger partial charge in [-0.15, -0.1) is 0 Å². The molecule has 1 fully saturated rings. The third kappa shape index (κ3) is 2.26. The topological polar surface area (TPSA) is 78.3 Å². The van der Waals surface area contributed by atoms with E-state index < -0.39 is 6.61 Å². The van der Waals surface area contributed by atoms with E-state index in [1.807, 2.05) is 0 Å². The zero-order valence-corrected chi connectivity index (χ0v) is 9.85. The standard InChI is InChI=1S/C11H17N3O3/c1-13-10(16)6-8(12-13)9-4-2-3-5-14(9)11(17)7-15/h6,9,12,15H,2-5,7H2,1H3. The zero-order chi connectivity index (χ0) is 12.4. The predicted molar refractivity (Wildman–Crippen MR) is 61.4 cm³/mol. The Morgan fingerprint density at radius 1 is 1.59 bits per heavy atom. The molecule has 1 atom stereocenters. The Bertz CT molecular complexity index is 463. The number of amides is 1. The van der Waals surface area contributed by atoms with Crippen LogP contribution < -0.4 is 5.56 Å². The number of aliphatic hydroxyl groups is 1. The number of nitrogens with zero attached hydrogens (tertiary/aromatic N) is 2. The lowest BCUT2D eigenvalue weighted by Crippen LogP contribution is -2.40. The van der Waals surface area contributed by atoms with Gasteiger partial charge in [0.1, 0.15) is 6.61 Å². The van der Waals surface area contributed by atoms with Gasteiger partial charge in [0, 0.05) is 19.7 Å². The van der Waals surface area contributed by atoms with E-state index in [2.05, 4.69) is 5.10 Å². The van der Waals surface area contributed by atoms with Gasteiger partial charge >= 0.3 is 0 Å². The molecule has 1 aliphatic rings. The molecule has 0 radical (unpaired) electrons. The molecular weight excluding hydrogens is 222 g/mol. The van der Waals surface area contributed by atoms with Crippen molar-refractivity contribution in [2.24, 2.45) is 7.05 Å². The van der Waals surface area contributed by atoms with E-state index in [9.17, 15) is 9.59 Å². The number of H-pyrrole nitrogens is 1. The van der Waals surface area contributed by atoms with E-state index in [-0.39, 0.29) is 17.5 Å². The fourth-order valence-corrected chi connectivity index (χ4v) is 2.33. The van der Waals surface area contributed by atoms with Crippen LogP contribution in [0, 0.1) is 0 Å². The molecule has 94 valence electrons. The third-order valence-electron chi connectivity index (χ3n) is 3.22. The summed E-state index contributed by atoms with van der Waals surface area (Å²) in [6.07, 6.45) is 2.79. The lowest BCUT2D eigenvalue weighted by atomic mass is 9.99. The van der Waals surface area contributed by atoms with Crippen molar-refractivity contribution in [3.05, 3.63) is 22.1 Å². The van der Waals surface area contributed by atoms with Gasteiger partial charge in [0.2, 0.25) is 5.91 Å². The maximum atomic E-state index is 11.6. The summed E-state index contributed by atoms with van der Waals surface area (Å²) >= 11 is 0. The summed E-state index contributed by atoms with van der Waals surface area (Å²) in [6.45, 7) is 0.161. The normalized spacial score (nSPS) is 20.6. The molecule has 1 aromatic heterocycles. The lowest BCUT2D eigenvalue weighted by Gasteiger charge is -2.34. The quantitative estimate of drug-likeness (QED) is 0.747. The van der Waals surface area contributed by atoms with Crippen molar-refractivity contribution < 1.29 is 9.90 Å². The number of rotatable bonds is 2. The van der Waals surface area contributed by atoms with Crippen molar-refractivity contribution in [2.45, 2.75) is 25.3 Å². The van der Waals surface area contributed by atoms with Gasteiger partial charge in [-0.3, -0.25) is 19.4 Å². The first-order valence-electron chi connectivity index (χ1n) is 5.79. The summed E-state index contributed by atoms with van der Waals surface area (Å²) in [6, 6.07) is 1.41. The van der Waals surface area contributed by atoms with E-state index in [1.165, 1.54) is 10.7 Å². The van der Waals surface area contributed by atoms with Crippen LogP contribution in [0.3, 0.4) is 0 Å². The summed E-state index contributed by atoms with van der Waals surface area (Å²) in [5.74, 6) is -0.278. The Morgan fingerprint density at radius 2 is 2.35 bits per heavy atom. The molecule has 1 unspecified atom stereocenters. The number of aromatic amines is 1. The fraction of sp³-hybridized carbons (Fsp3) is 0.636. The van der Waals surface area contributed by atoms with Crippen LogP contribution in [0.1, 0.15) is 31.0 Å². The summed E-state index contributed by atoms with van der Waals surface area (Å²) in [5, 5.41) is 11.9. The molecule has 2 N–H and O–H groups in total. The van der Waals surface area contributed by atoms with E-state index in [1.54, 1.807) is 11.9 Å². The molecule has 0 saturated carbocycles. The van der Waals surface area contributed by atoms with Gasteiger partial charge in [0.05, 0.1) is 11.7 Å². The van der Waals surface area contributed by atoms with Crippen LogP contribution >= 0.6 is 0 Å². The number of piperidine rings is 1. The maximum absolute atomic E-state index is 11.6. The first-order valence-corrected chi connectivity index (χ1v) is 5.79. The van der Waals surface area contributed by atoms with Gasteiger partial charge in [-0.2, -0.15) is 0 Å². The van der Waals surface area contributed by atoms with E-state index in [0.29, 0.717) is 6.54 Å². The number of hydrogen-bond donors (Lipinski definition) is 2. The lowest BCUT2D eigenvalue weighted by molar-refractivity contribution is -0.138. The number of carbonyl (C=O) groups is 1. The second-order valence-electron chi connectivity index (χ2n) is 4.37. The maximum Gasteiger partial charge on any atom is 0.266 e. The fourth-order valence-electron chi connectivity index (χ4n) is 2.33. The van der Waals surface area contributed by atoms with Gasteiger partial charge < -0.3 is 10.0 Å². The summed E-state index contributed by atoms with van der Waals surface area (Å²) in [4.78, 5) is 24.7. The molecule has 2 rings (SSSR count). The Morgan fingerprint density at radius 3 is 2.94 bits per heavy atom. The van der Waals surface area contributed by atoms with Crippen LogP contribution in [-0.2, 0) is 11.8 Å². The van der Waals surface area contributed by atoms with Crippen LogP contribution in [0.15, 0.2) is 10.9 Å². The van der Waals surface area contributed by atoms with Crippen LogP contribution in [0.4, 0.5) is 0 Å². The van der Waals surface area contributed by atoms with Crippen LogP contribution in [0.5, 0.6) is 0 Å². The molecule has 6 heteroatoms. The number of carbonyl (C=O) groups excluding carboxylic acids is 1. The molecule has 17 heavy (non-hydrogen) atoms. The van der Waals surface area contributed by atoms with E-state index in [0.717, 1.165) is 25.0 Å². The van der Waals surface area contributed by atoms with Crippen molar-refractivity contribution in [2.75, 3.05) is 13.2 Å². The van der Waals surface area contributed by atoms with Crippen molar-refractivity contribution >= 4 is 5.91 Å². The largest absolute Gasteiger partial charge is 0.387 e. The van der Waals surface area contributed by atoms with Crippen molar-refractivity contribution in [1.82, 2.24) is 14.7 Å². The minimum atomic E-state index is -0.479. The number of hydrogen-bond acceptors (Lipinski definition) is 3. The molecule has 0 aliphatic carbocycles. The number of aliphatic hydroxyl groups excluding tert-OH is 1. The molecule has 0 aromatic carbocycles. The average molecular weight is 239 g/mol. The molecule has 2 heterocycles. The van der Waals surface area contributed by atoms with Gasteiger partial charge in [0.25, 0.3) is 5.56 Å². The van der Waals surface area contributed by atoms with Crippen molar-refractivity contribution in [3.8, 4) is 0 Å². The van der Waals surface area contributed by atoms with Gasteiger partial charge in [0.15, 0.2) is 0 Å². The minimum absolute atomic E-state index is 0.109. The Kier molecular flexibility index (Phi) is 3.33. The Hall–Kier alpha value is -1.56. The number of aryl methyl sites for hydroxylation is 1. The highest BCUT2D eigenvalue weighted by atomic mass is 16.3. The van der Waals surface area contributed by atoms with Crippen molar-refractivity contribution in [1.29, 1.82) is 0 Å². The monoisotopic (exact) mass is 239 g/mol. The highest BCUT2D eigenvalue weighted by molar-refractivity contribution is 5.77. The SMILES string of the molecule is Cn1[nH]c(C2CCCCN2C(=O)CO)cc1=O. The molecule has 1 amide bonds. The van der Waals surface area contributed by atoms with Crippen LogP contribution in [0.2, 0.25) is 0 Å². The molecule has 1 saturated heterocycles. The van der Waals surface area contributed by atoms with Crippen molar-refractivity contribution in [3.63, 3.8) is 0 Å². The highest BCUT2D eigenvalue weighted by Gasteiger charge is 2.28. The third-order valence-corrected chi connectivity index (χ3v) is 3.22. The second kappa shape index (κ2) is 4.75. The molecule has 0 bridgehead atoms. The molecule has 6 nitrogen and oxygen atoms in total. The van der Waals surface area contributed by atoms with Gasteiger partial charge in [-0.1, -0.05) is 0 Å². The predicted octanol–water partition coefficient (Wildman–Crippen LogP) is -0.241.